The first-order valence-electron chi connectivity index (χ1n) is 8.47. The van der Waals surface area contributed by atoms with Gasteiger partial charge in [-0.1, -0.05) is 0 Å². The highest BCUT2D eigenvalue weighted by molar-refractivity contribution is 7.91. The summed E-state index contributed by atoms with van der Waals surface area (Å²) in [7, 11) is -2.03. The molecule has 2 amide bonds. The SMILES string of the molecule is CONC(=O)[C@H]1CN(c2cc(F)c(N3CCCS(=O)(=O)CC3)c(F)c2)C(=O)O1. The number of ether oxygens (including phenoxy) is 1. The standard InChI is InChI=1S/C16H19F2N3O6S/c1-26-19-15(22)13-9-21(16(23)27-13)10-7-11(17)14(12(18)8-10)20-3-2-5-28(24,25)6-4-20/h7-8,13H,2-6,9H2,1H3,(H,19,22)/t13-/m1/s1. The number of hydrogen-bond acceptors (Lipinski definition) is 7. The molecule has 3 rings (SSSR count). The number of halogens is 2. The fourth-order valence-corrected chi connectivity index (χ4v) is 4.42. The van der Waals surface area contributed by atoms with Crippen LogP contribution in [0.25, 0.3) is 0 Å². The second-order valence-corrected chi connectivity index (χ2v) is 8.71. The maximum absolute atomic E-state index is 14.7. The molecule has 2 fully saturated rings. The van der Waals surface area contributed by atoms with Crippen molar-refractivity contribution in [2.24, 2.45) is 0 Å². The number of benzene rings is 1. The van der Waals surface area contributed by atoms with Crippen LogP contribution in [0.1, 0.15) is 6.42 Å². The number of hydrogen-bond donors (Lipinski definition) is 1. The molecule has 0 aromatic heterocycles. The Labute approximate surface area is 160 Å². The summed E-state index contributed by atoms with van der Waals surface area (Å²) in [5.74, 6) is -2.81. The van der Waals surface area contributed by atoms with E-state index in [0.29, 0.717) is 0 Å². The lowest BCUT2D eigenvalue weighted by atomic mass is 10.2. The van der Waals surface area contributed by atoms with Crippen molar-refractivity contribution in [1.82, 2.24) is 5.48 Å². The number of nitrogens with zero attached hydrogens (tertiary/aromatic N) is 2. The smallest absolute Gasteiger partial charge is 0.415 e. The van der Waals surface area contributed by atoms with Gasteiger partial charge in [-0.15, -0.1) is 0 Å². The van der Waals surface area contributed by atoms with Gasteiger partial charge in [0.25, 0.3) is 5.91 Å². The normalized spacial score (nSPS) is 22.0. The first kappa shape index (κ1) is 20.3. The van der Waals surface area contributed by atoms with Gasteiger partial charge in [0, 0.05) is 25.2 Å². The molecule has 154 valence electrons. The molecule has 2 heterocycles. The van der Waals surface area contributed by atoms with Crippen molar-refractivity contribution in [2.75, 3.05) is 48.0 Å². The Balaban J connectivity index is 1.82. The molecule has 1 aromatic rings. The maximum atomic E-state index is 14.7. The molecule has 0 aliphatic carbocycles. The molecule has 1 atom stereocenters. The number of amides is 2. The van der Waals surface area contributed by atoms with Crippen LogP contribution in [0.3, 0.4) is 0 Å². The van der Waals surface area contributed by atoms with Crippen molar-refractivity contribution in [3.05, 3.63) is 23.8 Å². The van der Waals surface area contributed by atoms with Crippen LogP contribution in [0.4, 0.5) is 25.0 Å². The summed E-state index contributed by atoms with van der Waals surface area (Å²) < 4.78 is 57.6. The number of sulfone groups is 1. The zero-order valence-corrected chi connectivity index (χ0v) is 15.8. The average Bonchev–Trinajstić information content (AvgIpc) is 2.91. The van der Waals surface area contributed by atoms with Gasteiger partial charge in [0.1, 0.15) is 5.69 Å². The van der Waals surface area contributed by atoms with Crippen LogP contribution in [-0.2, 0) is 24.2 Å². The van der Waals surface area contributed by atoms with Crippen molar-refractivity contribution in [1.29, 1.82) is 0 Å². The lowest BCUT2D eigenvalue weighted by Crippen LogP contribution is -2.36. The van der Waals surface area contributed by atoms with Crippen LogP contribution >= 0.6 is 0 Å². The first-order chi connectivity index (χ1) is 13.2. The van der Waals surface area contributed by atoms with Crippen LogP contribution in [-0.4, -0.2) is 64.8 Å². The Kier molecular flexibility index (Phi) is 5.70. The molecule has 2 saturated heterocycles. The number of carbonyl (C=O) groups is 2. The predicted molar refractivity (Wildman–Crippen MR) is 94.6 cm³/mol. The van der Waals surface area contributed by atoms with Crippen LogP contribution in [0.15, 0.2) is 12.1 Å². The minimum atomic E-state index is -3.24. The Morgan fingerprint density at radius 1 is 1.25 bits per heavy atom. The van der Waals surface area contributed by atoms with Crippen molar-refractivity contribution < 1.29 is 36.4 Å². The predicted octanol–water partition coefficient (Wildman–Crippen LogP) is 0.593. The quantitative estimate of drug-likeness (QED) is 0.713. The molecule has 0 spiro atoms. The summed E-state index contributed by atoms with van der Waals surface area (Å²) in [5.41, 5.74) is 1.56. The molecule has 2 aliphatic rings. The second-order valence-electron chi connectivity index (χ2n) is 6.40. The molecular weight excluding hydrogens is 400 g/mol. The molecule has 0 saturated carbocycles. The summed E-state index contributed by atoms with van der Waals surface area (Å²) >= 11 is 0. The first-order valence-corrected chi connectivity index (χ1v) is 10.3. The van der Waals surface area contributed by atoms with Gasteiger partial charge in [0.05, 0.1) is 30.8 Å². The number of carbonyl (C=O) groups excluding carboxylic acids is 2. The van der Waals surface area contributed by atoms with Gasteiger partial charge in [0.15, 0.2) is 21.5 Å². The Morgan fingerprint density at radius 3 is 2.57 bits per heavy atom. The largest absolute Gasteiger partial charge is 0.434 e. The lowest BCUT2D eigenvalue weighted by Gasteiger charge is -2.24. The lowest BCUT2D eigenvalue weighted by molar-refractivity contribution is -0.138. The Bertz CT molecular complexity index is 871. The molecule has 28 heavy (non-hydrogen) atoms. The Morgan fingerprint density at radius 2 is 1.93 bits per heavy atom. The van der Waals surface area contributed by atoms with Crippen LogP contribution in [0.5, 0.6) is 0 Å². The van der Waals surface area contributed by atoms with Crippen LogP contribution < -0.4 is 15.3 Å². The van der Waals surface area contributed by atoms with Crippen LogP contribution in [0.2, 0.25) is 0 Å². The number of nitrogens with one attached hydrogen (secondary N) is 1. The average molecular weight is 419 g/mol. The van der Waals surface area contributed by atoms with E-state index in [-0.39, 0.29) is 48.9 Å². The van der Waals surface area contributed by atoms with E-state index < -0.39 is 39.6 Å². The maximum Gasteiger partial charge on any atom is 0.415 e. The monoisotopic (exact) mass is 419 g/mol. The van der Waals surface area contributed by atoms with Crippen molar-refractivity contribution in [2.45, 2.75) is 12.5 Å². The van der Waals surface area contributed by atoms with Crippen molar-refractivity contribution in [3.8, 4) is 0 Å². The number of rotatable bonds is 4. The molecule has 1 N–H and O–H groups in total. The third-order valence-electron chi connectivity index (χ3n) is 4.49. The molecule has 0 unspecified atom stereocenters. The highest BCUT2D eigenvalue weighted by Crippen LogP contribution is 2.31. The van der Waals surface area contributed by atoms with Crippen molar-refractivity contribution in [3.63, 3.8) is 0 Å². The third-order valence-corrected chi connectivity index (χ3v) is 6.21. The van der Waals surface area contributed by atoms with Gasteiger partial charge in [-0.25, -0.2) is 27.5 Å². The van der Waals surface area contributed by atoms with E-state index >= 15 is 0 Å². The van der Waals surface area contributed by atoms with E-state index in [2.05, 4.69) is 4.84 Å². The molecule has 9 nitrogen and oxygen atoms in total. The zero-order valence-electron chi connectivity index (χ0n) is 15.0. The fourth-order valence-electron chi connectivity index (χ4n) is 3.15. The summed E-state index contributed by atoms with van der Waals surface area (Å²) in [6.45, 7) is -0.0772. The summed E-state index contributed by atoms with van der Waals surface area (Å²) in [5, 5.41) is 0. The molecule has 0 radical (unpaired) electrons. The highest BCUT2D eigenvalue weighted by atomic mass is 32.2. The van der Waals surface area contributed by atoms with E-state index in [4.69, 9.17) is 4.74 Å². The number of hydroxylamine groups is 1. The van der Waals surface area contributed by atoms with Gasteiger partial charge in [-0.2, -0.15) is 0 Å². The van der Waals surface area contributed by atoms with E-state index in [0.717, 1.165) is 17.0 Å². The van der Waals surface area contributed by atoms with Crippen LogP contribution in [0, 0.1) is 11.6 Å². The van der Waals surface area contributed by atoms with Gasteiger partial charge >= 0.3 is 6.09 Å². The molecular formula is C16H19F2N3O6S. The minimum absolute atomic E-state index is 0.0272. The summed E-state index contributed by atoms with van der Waals surface area (Å²) in [6.07, 6.45) is -1.85. The van der Waals surface area contributed by atoms with E-state index in [1.807, 2.05) is 5.48 Å². The van der Waals surface area contributed by atoms with E-state index in [1.165, 1.54) is 12.0 Å². The molecule has 12 heteroatoms. The molecule has 0 bridgehead atoms. The third kappa shape index (κ3) is 4.17. The van der Waals surface area contributed by atoms with Gasteiger partial charge in [-0.3, -0.25) is 14.5 Å². The highest BCUT2D eigenvalue weighted by Gasteiger charge is 2.38. The number of anilines is 2. The van der Waals surface area contributed by atoms with Gasteiger partial charge < -0.3 is 9.64 Å². The zero-order chi connectivity index (χ0) is 20.5. The molecule has 1 aromatic carbocycles. The fraction of sp³-hybridized carbons (Fsp3) is 0.500. The number of cyclic esters (lactones) is 1. The summed E-state index contributed by atoms with van der Waals surface area (Å²) in [4.78, 5) is 30.4. The topological polar surface area (TPSA) is 105 Å². The molecule has 2 aliphatic heterocycles. The van der Waals surface area contributed by atoms with Crippen molar-refractivity contribution >= 4 is 33.2 Å². The van der Waals surface area contributed by atoms with Gasteiger partial charge in [0.2, 0.25) is 6.10 Å². The summed E-state index contributed by atoms with van der Waals surface area (Å²) in [6, 6.07) is 1.91. The second kappa shape index (κ2) is 7.87. The Hall–Kier alpha value is -2.47. The van der Waals surface area contributed by atoms with E-state index in [9.17, 15) is 26.8 Å². The van der Waals surface area contributed by atoms with Gasteiger partial charge in [-0.05, 0) is 6.42 Å². The van der Waals surface area contributed by atoms with E-state index in [1.54, 1.807) is 0 Å². The minimum Gasteiger partial charge on any atom is -0.434 e.